The fraction of sp³-hybridized carbons (Fsp3) is 0.250. The quantitative estimate of drug-likeness (QED) is 0.632. The standard InChI is InChI=1S/C12H13NO4/c1-3-10(14)11(15)13-9-7-5-4-6-8(9)12(16)17-2/h4-7H,3H2,1-2H3,(H,13,15). The highest BCUT2D eigenvalue weighted by molar-refractivity contribution is 6.40. The molecule has 1 aromatic rings. The number of esters is 1. The molecule has 0 aliphatic rings. The normalized spacial score (nSPS) is 9.53. The average molecular weight is 235 g/mol. The Hall–Kier alpha value is -2.17. The number of hydrogen-bond donors (Lipinski definition) is 1. The van der Waals surface area contributed by atoms with Gasteiger partial charge in [-0.05, 0) is 12.1 Å². The maximum absolute atomic E-state index is 11.4. The van der Waals surface area contributed by atoms with Crippen molar-refractivity contribution in [2.45, 2.75) is 13.3 Å². The number of amides is 1. The Balaban J connectivity index is 2.95. The van der Waals surface area contributed by atoms with E-state index in [9.17, 15) is 14.4 Å². The molecule has 0 radical (unpaired) electrons. The molecule has 1 rings (SSSR count). The van der Waals surface area contributed by atoms with Crippen LogP contribution in [0.25, 0.3) is 0 Å². The summed E-state index contributed by atoms with van der Waals surface area (Å²) in [6.45, 7) is 1.59. The molecule has 0 saturated heterocycles. The Morgan fingerprint density at radius 2 is 1.88 bits per heavy atom. The summed E-state index contributed by atoms with van der Waals surface area (Å²) < 4.78 is 4.57. The van der Waals surface area contributed by atoms with Crippen LogP contribution in [0.3, 0.4) is 0 Å². The first kappa shape index (κ1) is 12.9. The number of anilines is 1. The lowest BCUT2D eigenvalue weighted by Gasteiger charge is -2.08. The number of carbonyl (C=O) groups excluding carboxylic acids is 3. The van der Waals surface area contributed by atoms with Crippen molar-refractivity contribution in [2.75, 3.05) is 12.4 Å². The third-order valence-corrected chi connectivity index (χ3v) is 2.15. The van der Waals surface area contributed by atoms with Gasteiger partial charge in [-0.2, -0.15) is 0 Å². The molecule has 0 aliphatic carbocycles. The topological polar surface area (TPSA) is 72.5 Å². The molecule has 1 amide bonds. The molecule has 1 aromatic carbocycles. The van der Waals surface area contributed by atoms with Gasteiger partial charge in [0.2, 0.25) is 5.78 Å². The molecule has 0 aromatic heterocycles. The molecule has 90 valence electrons. The molecule has 0 aliphatic heterocycles. The molecule has 0 spiro atoms. The summed E-state index contributed by atoms with van der Waals surface area (Å²) in [7, 11) is 1.25. The molecule has 5 nitrogen and oxygen atoms in total. The van der Waals surface area contributed by atoms with Crippen LogP contribution in [0, 0.1) is 0 Å². The van der Waals surface area contributed by atoms with E-state index in [1.807, 2.05) is 0 Å². The van der Waals surface area contributed by atoms with Gasteiger partial charge in [-0.25, -0.2) is 4.79 Å². The number of rotatable bonds is 4. The van der Waals surface area contributed by atoms with E-state index in [0.717, 1.165) is 0 Å². The molecule has 0 fully saturated rings. The van der Waals surface area contributed by atoms with Gasteiger partial charge in [-0.3, -0.25) is 9.59 Å². The molecule has 0 atom stereocenters. The summed E-state index contributed by atoms with van der Waals surface area (Å²) in [6, 6.07) is 6.34. The number of nitrogens with one attached hydrogen (secondary N) is 1. The molecular weight excluding hydrogens is 222 g/mol. The minimum Gasteiger partial charge on any atom is -0.465 e. The largest absolute Gasteiger partial charge is 0.465 e. The number of ether oxygens (including phenoxy) is 1. The van der Waals surface area contributed by atoms with Crippen LogP contribution >= 0.6 is 0 Å². The lowest BCUT2D eigenvalue weighted by Crippen LogP contribution is -2.23. The zero-order valence-corrected chi connectivity index (χ0v) is 9.65. The van der Waals surface area contributed by atoms with E-state index in [1.165, 1.54) is 19.2 Å². The van der Waals surface area contributed by atoms with Crippen LogP contribution in [0.2, 0.25) is 0 Å². The highest BCUT2D eigenvalue weighted by Gasteiger charge is 2.16. The first-order chi connectivity index (χ1) is 8.10. The van der Waals surface area contributed by atoms with E-state index in [-0.39, 0.29) is 17.7 Å². The van der Waals surface area contributed by atoms with Crippen molar-refractivity contribution >= 4 is 23.3 Å². The Bertz CT molecular complexity index is 454. The third-order valence-electron chi connectivity index (χ3n) is 2.15. The molecule has 0 heterocycles. The van der Waals surface area contributed by atoms with Gasteiger partial charge in [0.15, 0.2) is 0 Å². The summed E-state index contributed by atoms with van der Waals surface area (Å²) >= 11 is 0. The molecule has 0 unspecified atom stereocenters. The van der Waals surface area contributed by atoms with Gasteiger partial charge in [0, 0.05) is 6.42 Å². The first-order valence-electron chi connectivity index (χ1n) is 5.11. The van der Waals surface area contributed by atoms with Gasteiger partial charge in [0.05, 0.1) is 18.4 Å². The highest BCUT2D eigenvalue weighted by Crippen LogP contribution is 2.15. The minimum atomic E-state index is -0.733. The Labute approximate surface area is 98.8 Å². The van der Waals surface area contributed by atoms with Gasteiger partial charge in [-0.1, -0.05) is 19.1 Å². The number of methoxy groups -OCH3 is 1. The second-order valence-corrected chi connectivity index (χ2v) is 3.27. The summed E-state index contributed by atoms with van der Waals surface area (Å²) in [5.41, 5.74) is 0.485. The lowest BCUT2D eigenvalue weighted by atomic mass is 10.1. The molecular formula is C12H13NO4. The number of ketones is 1. The number of carbonyl (C=O) groups is 3. The van der Waals surface area contributed by atoms with Gasteiger partial charge in [0.25, 0.3) is 5.91 Å². The number of benzene rings is 1. The zero-order valence-electron chi connectivity index (χ0n) is 9.65. The maximum Gasteiger partial charge on any atom is 0.339 e. The fourth-order valence-corrected chi connectivity index (χ4v) is 1.23. The van der Waals surface area contributed by atoms with Gasteiger partial charge < -0.3 is 10.1 Å². The van der Waals surface area contributed by atoms with Crippen LogP contribution < -0.4 is 5.32 Å². The molecule has 1 N–H and O–H groups in total. The van der Waals surface area contributed by atoms with Crippen molar-refractivity contribution in [1.29, 1.82) is 0 Å². The van der Waals surface area contributed by atoms with E-state index in [1.54, 1.807) is 19.1 Å². The summed E-state index contributed by atoms with van der Waals surface area (Å²) in [4.78, 5) is 33.9. The van der Waals surface area contributed by atoms with Crippen molar-refractivity contribution in [1.82, 2.24) is 0 Å². The van der Waals surface area contributed by atoms with Crippen LogP contribution in [0.4, 0.5) is 5.69 Å². The van der Waals surface area contributed by atoms with Gasteiger partial charge in [0.1, 0.15) is 0 Å². The van der Waals surface area contributed by atoms with Crippen LogP contribution in [0.5, 0.6) is 0 Å². The Kier molecular flexibility index (Phi) is 4.39. The second-order valence-electron chi connectivity index (χ2n) is 3.27. The third kappa shape index (κ3) is 3.14. The summed E-state index contributed by atoms with van der Waals surface area (Å²) in [5, 5.41) is 2.39. The fourth-order valence-electron chi connectivity index (χ4n) is 1.23. The number of Topliss-reactive ketones (excluding diaryl/α,β-unsaturated/α-hetero) is 1. The van der Waals surface area contributed by atoms with Crippen molar-refractivity contribution in [2.24, 2.45) is 0 Å². The monoisotopic (exact) mass is 235 g/mol. The van der Waals surface area contributed by atoms with Crippen LogP contribution in [-0.4, -0.2) is 24.8 Å². The van der Waals surface area contributed by atoms with Gasteiger partial charge in [-0.15, -0.1) is 0 Å². The van der Waals surface area contributed by atoms with Gasteiger partial charge >= 0.3 is 5.97 Å². The number of hydrogen-bond acceptors (Lipinski definition) is 4. The molecule has 0 bridgehead atoms. The van der Waals surface area contributed by atoms with E-state index in [4.69, 9.17) is 0 Å². The average Bonchev–Trinajstić information content (AvgIpc) is 2.37. The predicted octanol–water partition coefficient (Wildman–Crippen LogP) is 1.39. The van der Waals surface area contributed by atoms with Crippen molar-refractivity contribution < 1.29 is 19.1 Å². The van der Waals surface area contributed by atoms with E-state index >= 15 is 0 Å². The first-order valence-corrected chi connectivity index (χ1v) is 5.11. The smallest absolute Gasteiger partial charge is 0.339 e. The SMILES string of the molecule is CCC(=O)C(=O)Nc1ccccc1C(=O)OC. The van der Waals surface area contributed by atoms with Crippen molar-refractivity contribution in [3.05, 3.63) is 29.8 Å². The minimum absolute atomic E-state index is 0.117. The van der Waals surface area contributed by atoms with E-state index in [0.29, 0.717) is 0 Å². The second kappa shape index (κ2) is 5.79. The van der Waals surface area contributed by atoms with Crippen molar-refractivity contribution in [3.63, 3.8) is 0 Å². The number of para-hydroxylation sites is 1. The summed E-state index contributed by atoms with van der Waals surface area (Å²) in [6.07, 6.45) is 0.117. The van der Waals surface area contributed by atoms with Crippen molar-refractivity contribution in [3.8, 4) is 0 Å². The van der Waals surface area contributed by atoms with Crippen LogP contribution in [-0.2, 0) is 14.3 Å². The van der Waals surface area contributed by atoms with E-state index in [2.05, 4.69) is 10.1 Å². The van der Waals surface area contributed by atoms with Crippen LogP contribution in [0.15, 0.2) is 24.3 Å². The Morgan fingerprint density at radius 3 is 2.47 bits per heavy atom. The maximum atomic E-state index is 11.4. The summed E-state index contributed by atoms with van der Waals surface area (Å²) in [5.74, 6) is -1.83. The Morgan fingerprint density at radius 1 is 1.24 bits per heavy atom. The van der Waals surface area contributed by atoms with E-state index < -0.39 is 17.7 Å². The van der Waals surface area contributed by atoms with Crippen LogP contribution in [0.1, 0.15) is 23.7 Å². The molecule has 0 saturated carbocycles. The predicted molar refractivity (Wildman–Crippen MR) is 61.7 cm³/mol. The molecule has 17 heavy (non-hydrogen) atoms. The zero-order chi connectivity index (χ0) is 12.8. The molecule has 5 heteroatoms. The lowest BCUT2D eigenvalue weighted by molar-refractivity contribution is -0.134. The highest BCUT2D eigenvalue weighted by atomic mass is 16.5.